The summed E-state index contributed by atoms with van der Waals surface area (Å²) in [6, 6.07) is 12.4. The second kappa shape index (κ2) is 8.91. The number of aromatic nitrogens is 2. The number of anilines is 1. The second-order valence-corrected chi connectivity index (χ2v) is 12.7. The van der Waals surface area contributed by atoms with Crippen LogP contribution in [-0.2, 0) is 4.57 Å². The standard InChI is InChI=1S/C27H24ClFN5O2P/c1-33(2)17-14-34(15-17)27-31-25-21(26(32-27)37(36)9-7-30-8-10-37)13-22(28)23(24(25)29)20-12-18(35)11-16-5-3-4-6-19(16)20/h3-9,11-13,17,35H,10,14-15H2,1-2H3/t37-/m1/s1. The third-order valence-electron chi connectivity index (χ3n) is 7.05. The maximum absolute atomic E-state index is 16.5. The molecule has 1 saturated heterocycles. The number of phenolic OH excluding ortho intramolecular Hbond substituents is 1. The Balaban J connectivity index is 1.62. The molecular weight excluding hydrogens is 512 g/mol. The first-order valence-corrected chi connectivity index (χ1v) is 14.2. The minimum absolute atomic E-state index is 0.000275. The SMILES string of the molecule is CN(C)C1CN(c2nc([P@@]3(=O)C=CN=CC3)c3cc(Cl)c(-c4cc(O)cc5ccccc45)c(F)c3n2)C1. The molecule has 2 aliphatic rings. The first-order valence-electron chi connectivity index (χ1n) is 11.9. The molecule has 0 saturated carbocycles. The Morgan fingerprint density at radius 2 is 1.92 bits per heavy atom. The van der Waals surface area contributed by atoms with Crippen LogP contribution in [0.1, 0.15) is 0 Å². The average molecular weight is 536 g/mol. The van der Waals surface area contributed by atoms with E-state index in [1.54, 1.807) is 24.2 Å². The van der Waals surface area contributed by atoms with Gasteiger partial charge in [-0.1, -0.05) is 35.9 Å². The van der Waals surface area contributed by atoms with Gasteiger partial charge in [-0.05, 0) is 54.4 Å². The summed E-state index contributed by atoms with van der Waals surface area (Å²) in [7, 11) is 0.857. The van der Waals surface area contributed by atoms with Gasteiger partial charge in [-0.25, -0.2) is 14.4 Å². The van der Waals surface area contributed by atoms with Gasteiger partial charge in [0, 0.05) is 48.7 Å². The van der Waals surface area contributed by atoms with Gasteiger partial charge in [-0.2, -0.15) is 0 Å². The predicted molar refractivity (Wildman–Crippen MR) is 149 cm³/mol. The van der Waals surface area contributed by atoms with E-state index in [-0.39, 0.29) is 33.4 Å². The van der Waals surface area contributed by atoms with E-state index in [1.165, 1.54) is 12.3 Å². The predicted octanol–water partition coefficient (Wildman–Crippen LogP) is 5.24. The third-order valence-corrected chi connectivity index (χ3v) is 9.73. The molecule has 0 radical (unpaired) electrons. The number of halogens is 2. The lowest BCUT2D eigenvalue weighted by Crippen LogP contribution is -2.58. The zero-order chi connectivity index (χ0) is 25.9. The van der Waals surface area contributed by atoms with Crippen LogP contribution in [0, 0.1) is 5.82 Å². The molecule has 0 spiro atoms. The minimum Gasteiger partial charge on any atom is -0.508 e. The van der Waals surface area contributed by atoms with Crippen molar-refractivity contribution < 1.29 is 14.1 Å². The Labute approximate surface area is 218 Å². The second-order valence-electron chi connectivity index (χ2n) is 9.64. The molecule has 1 fully saturated rings. The smallest absolute Gasteiger partial charge is 0.226 e. The lowest BCUT2D eigenvalue weighted by Gasteiger charge is -2.42. The van der Waals surface area contributed by atoms with Crippen molar-refractivity contribution in [1.29, 1.82) is 0 Å². The highest BCUT2D eigenvalue weighted by molar-refractivity contribution is 7.75. The molecule has 4 aromatic rings. The van der Waals surface area contributed by atoms with Crippen molar-refractivity contribution in [2.75, 3.05) is 38.2 Å². The van der Waals surface area contributed by atoms with Crippen molar-refractivity contribution in [1.82, 2.24) is 14.9 Å². The summed E-state index contributed by atoms with van der Waals surface area (Å²) in [4.78, 5) is 17.5. The quantitative estimate of drug-likeness (QED) is 0.360. The highest BCUT2D eigenvalue weighted by Crippen LogP contribution is 2.49. The Morgan fingerprint density at radius 1 is 1.14 bits per heavy atom. The summed E-state index contributed by atoms with van der Waals surface area (Å²) < 4.78 is 30.5. The van der Waals surface area contributed by atoms with E-state index < -0.39 is 13.0 Å². The summed E-state index contributed by atoms with van der Waals surface area (Å²) in [5.74, 6) is 1.24. The Bertz CT molecular complexity index is 1680. The van der Waals surface area contributed by atoms with Crippen molar-refractivity contribution in [3.8, 4) is 16.9 Å². The molecule has 6 rings (SSSR count). The zero-order valence-electron chi connectivity index (χ0n) is 20.3. The summed E-state index contributed by atoms with van der Waals surface area (Å²) in [5, 5.41) is 12.3. The van der Waals surface area contributed by atoms with Crippen LogP contribution in [-0.4, -0.2) is 65.6 Å². The van der Waals surface area contributed by atoms with Crippen LogP contribution in [0.3, 0.4) is 0 Å². The van der Waals surface area contributed by atoms with Gasteiger partial charge in [0.05, 0.1) is 5.02 Å². The van der Waals surface area contributed by atoms with E-state index >= 15 is 4.39 Å². The zero-order valence-corrected chi connectivity index (χ0v) is 21.9. The number of aromatic hydroxyl groups is 1. The van der Waals surface area contributed by atoms with E-state index in [4.69, 9.17) is 16.6 Å². The number of benzene rings is 3. The van der Waals surface area contributed by atoms with Crippen LogP contribution in [0.2, 0.25) is 5.02 Å². The van der Waals surface area contributed by atoms with Crippen LogP contribution >= 0.6 is 18.7 Å². The van der Waals surface area contributed by atoms with Crippen LogP contribution in [0.4, 0.5) is 10.3 Å². The molecule has 188 valence electrons. The first-order chi connectivity index (χ1) is 17.7. The van der Waals surface area contributed by atoms with Crippen molar-refractivity contribution in [3.63, 3.8) is 0 Å². The third kappa shape index (κ3) is 4.00. The monoisotopic (exact) mass is 535 g/mol. The molecule has 0 unspecified atom stereocenters. The van der Waals surface area contributed by atoms with Crippen LogP contribution < -0.4 is 10.3 Å². The molecule has 7 nitrogen and oxygen atoms in total. The number of nitrogens with zero attached hydrogens (tertiary/aromatic N) is 5. The van der Waals surface area contributed by atoms with Gasteiger partial charge in [0.25, 0.3) is 0 Å². The molecule has 37 heavy (non-hydrogen) atoms. The number of hydrogen-bond acceptors (Lipinski definition) is 7. The Kier molecular flexibility index (Phi) is 5.79. The Hall–Kier alpha value is -3.32. The molecule has 3 aromatic carbocycles. The first kappa shape index (κ1) is 24.0. The average Bonchev–Trinajstić information content (AvgIpc) is 2.83. The molecular formula is C27H24ClFN5O2P. The van der Waals surface area contributed by atoms with Crippen molar-refractivity contribution in [3.05, 3.63) is 65.3 Å². The van der Waals surface area contributed by atoms with Gasteiger partial charge < -0.3 is 19.5 Å². The van der Waals surface area contributed by atoms with Crippen molar-refractivity contribution in [2.45, 2.75) is 6.04 Å². The molecule has 0 amide bonds. The molecule has 2 aliphatic heterocycles. The molecule has 1 aromatic heterocycles. The fourth-order valence-corrected chi connectivity index (χ4v) is 7.08. The summed E-state index contributed by atoms with van der Waals surface area (Å²) in [6.45, 7) is 1.36. The molecule has 3 heterocycles. The highest BCUT2D eigenvalue weighted by atomic mass is 35.5. The van der Waals surface area contributed by atoms with E-state index in [9.17, 15) is 9.67 Å². The Morgan fingerprint density at radius 3 is 2.65 bits per heavy atom. The number of rotatable bonds is 4. The van der Waals surface area contributed by atoms with Crippen molar-refractivity contribution in [2.24, 2.45) is 4.99 Å². The van der Waals surface area contributed by atoms with Crippen LogP contribution in [0.25, 0.3) is 32.8 Å². The van der Waals surface area contributed by atoms with Gasteiger partial charge in [0.1, 0.15) is 16.7 Å². The largest absolute Gasteiger partial charge is 0.508 e. The van der Waals surface area contributed by atoms with E-state index in [2.05, 4.69) is 14.9 Å². The maximum Gasteiger partial charge on any atom is 0.226 e. The normalized spacial score (nSPS) is 19.8. The van der Waals surface area contributed by atoms with Gasteiger partial charge in [-0.3, -0.25) is 4.99 Å². The molecule has 1 N–H and O–H groups in total. The topological polar surface area (TPSA) is 81.9 Å². The lowest BCUT2D eigenvalue weighted by molar-refractivity contribution is 0.245. The molecule has 0 aliphatic carbocycles. The summed E-state index contributed by atoms with van der Waals surface area (Å²) >= 11 is 6.72. The molecule has 0 bridgehead atoms. The molecule has 10 heteroatoms. The van der Waals surface area contributed by atoms with Gasteiger partial charge in [0.2, 0.25) is 5.95 Å². The number of hydrogen-bond donors (Lipinski definition) is 1. The summed E-state index contributed by atoms with van der Waals surface area (Å²) in [5.41, 5.74) is 0.905. The van der Waals surface area contributed by atoms with Gasteiger partial charge in [0.15, 0.2) is 13.0 Å². The number of fused-ring (bicyclic) bond motifs is 2. The van der Waals surface area contributed by atoms with E-state index in [0.717, 1.165) is 10.8 Å². The number of likely N-dealkylation sites (N-methyl/N-ethyl adjacent to an activating group) is 1. The van der Waals surface area contributed by atoms with Gasteiger partial charge >= 0.3 is 0 Å². The fourth-order valence-electron chi connectivity index (χ4n) is 4.89. The highest BCUT2D eigenvalue weighted by Gasteiger charge is 2.34. The van der Waals surface area contributed by atoms with Crippen LogP contribution in [0.15, 0.2) is 59.5 Å². The summed E-state index contributed by atoms with van der Waals surface area (Å²) in [6.07, 6.45) is 3.27. The van der Waals surface area contributed by atoms with Crippen LogP contribution in [0.5, 0.6) is 5.75 Å². The van der Waals surface area contributed by atoms with E-state index in [1.807, 2.05) is 43.3 Å². The van der Waals surface area contributed by atoms with Crippen molar-refractivity contribution >= 4 is 58.0 Å². The number of aliphatic imine (C=N–C) groups is 1. The lowest BCUT2D eigenvalue weighted by atomic mass is 9.96. The minimum atomic E-state index is -3.16. The molecule has 1 atom stereocenters. The number of phenols is 1. The van der Waals surface area contributed by atoms with E-state index in [0.29, 0.717) is 36.0 Å². The fraction of sp³-hybridized carbons (Fsp3) is 0.222. The maximum atomic E-state index is 16.5. The van der Waals surface area contributed by atoms with Gasteiger partial charge in [-0.15, -0.1) is 0 Å².